The van der Waals surface area contributed by atoms with Crippen LogP contribution in [0.5, 0.6) is 11.6 Å². The van der Waals surface area contributed by atoms with Crippen molar-refractivity contribution < 1.29 is 18.7 Å². The van der Waals surface area contributed by atoms with E-state index in [2.05, 4.69) is 5.10 Å². The van der Waals surface area contributed by atoms with E-state index in [4.69, 9.17) is 37.9 Å². The number of hydrogen-bond donors (Lipinski definition) is 0. The SMILES string of the molecule is CC(C)c1cc(Oc2c(Cl)cc(N(CC#N)C(=O)OC(C)(C)C)c(F)c2Cl)nn(C)c1=O. The van der Waals surface area contributed by atoms with Crippen molar-refractivity contribution in [1.82, 2.24) is 9.78 Å². The minimum Gasteiger partial charge on any atom is -0.443 e. The number of nitrogens with zero attached hydrogens (tertiary/aromatic N) is 4. The molecule has 0 aliphatic rings. The second kappa shape index (κ2) is 9.76. The van der Waals surface area contributed by atoms with E-state index in [-0.39, 0.29) is 33.8 Å². The first-order chi connectivity index (χ1) is 14.8. The van der Waals surface area contributed by atoms with Crippen molar-refractivity contribution in [2.24, 2.45) is 7.05 Å². The van der Waals surface area contributed by atoms with Crippen LogP contribution in [0.4, 0.5) is 14.9 Å². The summed E-state index contributed by atoms with van der Waals surface area (Å²) in [6.45, 7) is 8.06. The Bertz CT molecular complexity index is 1140. The Kier molecular flexibility index (Phi) is 7.75. The summed E-state index contributed by atoms with van der Waals surface area (Å²) < 4.78 is 27.1. The van der Waals surface area contributed by atoms with Gasteiger partial charge in [0.25, 0.3) is 5.56 Å². The van der Waals surface area contributed by atoms with E-state index in [1.807, 2.05) is 13.8 Å². The number of hydrogen-bond acceptors (Lipinski definition) is 6. The van der Waals surface area contributed by atoms with Gasteiger partial charge in [-0.25, -0.2) is 13.9 Å². The van der Waals surface area contributed by atoms with Crippen LogP contribution in [0.15, 0.2) is 16.9 Å². The molecule has 32 heavy (non-hydrogen) atoms. The smallest absolute Gasteiger partial charge is 0.415 e. The number of aryl methyl sites for hydroxylation is 1. The number of carbonyl (C=O) groups excluding carboxylic acids is 1. The largest absolute Gasteiger partial charge is 0.443 e. The highest BCUT2D eigenvalue weighted by molar-refractivity contribution is 6.37. The van der Waals surface area contributed by atoms with Crippen LogP contribution >= 0.6 is 23.2 Å². The summed E-state index contributed by atoms with van der Waals surface area (Å²) in [4.78, 5) is 25.5. The summed E-state index contributed by atoms with van der Waals surface area (Å²) in [5.41, 5.74) is -1.08. The van der Waals surface area contributed by atoms with Gasteiger partial charge in [-0.15, -0.1) is 5.10 Å². The maximum Gasteiger partial charge on any atom is 0.415 e. The molecular formula is C21H23Cl2FN4O4. The van der Waals surface area contributed by atoms with Crippen molar-refractivity contribution in [2.45, 2.75) is 46.1 Å². The molecule has 0 spiro atoms. The van der Waals surface area contributed by atoms with Gasteiger partial charge in [-0.05, 0) is 32.8 Å². The number of amides is 1. The van der Waals surface area contributed by atoms with E-state index >= 15 is 4.39 Å². The van der Waals surface area contributed by atoms with Gasteiger partial charge in [0.2, 0.25) is 5.88 Å². The molecule has 0 unspecified atom stereocenters. The second-order valence-electron chi connectivity index (χ2n) is 8.18. The van der Waals surface area contributed by atoms with Crippen LogP contribution < -0.4 is 15.2 Å². The van der Waals surface area contributed by atoms with Crippen molar-refractivity contribution >= 4 is 35.0 Å². The van der Waals surface area contributed by atoms with E-state index in [9.17, 15) is 9.59 Å². The first kappa shape index (κ1) is 25.4. The van der Waals surface area contributed by atoms with Crippen molar-refractivity contribution in [3.05, 3.63) is 43.9 Å². The van der Waals surface area contributed by atoms with Crippen molar-refractivity contribution in [1.29, 1.82) is 5.26 Å². The van der Waals surface area contributed by atoms with Gasteiger partial charge in [-0.2, -0.15) is 5.26 Å². The maximum absolute atomic E-state index is 15.2. The Labute approximate surface area is 195 Å². The summed E-state index contributed by atoms with van der Waals surface area (Å²) in [6.07, 6.45) is -0.944. The first-order valence-corrected chi connectivity index (χ1v) is 10.3. The summed E-state index contributed by atoms with van der Waals surface area (Å²) in [5.74, 6) is -1.43. The first-order valence-electron chi connectivity index (χ1n) is 9.57. The molecule has 1 aromatic carbocycles. The Hall–Kier alpha value is -2.83. The number of nitriles is 1. The fourth-order valence-corrected chi connectivity index (χ4v) is 3.19. The topological polar surface area (TPSA) is 97.4 Å². The molecule has 0 radical (unpaired) electrons. The fraction of sp³-hybridized carbons (Fsp3) is 0.429. The standard InChI is InChI=1S/C21H23Cl2FN4O4/c1-11(2)12-9-15(26-27(6)19(12)29)31-18-13(22)10-14(17(24)16(18)23)28(8-7-25)20(30)32-21(3,4)5/h9-11H,8H2,1-6H3. The summed E-state index contributed by atoms with van der Waals surface area (Å²) in [5, 5.41) is 12.4. The number of benzene rings is 1. The van der Waals surface area contributed by atoms with E-state index in [1.54, 1.807) is 26.8 Å². The van der Waals surface area contributed by atoms with Crippen LogP contribution in [-0.2, 0) is 11.8 Å². The second-order valence-corrected chi connectivity index (χ2v) is 8.97. The number of rotatable bonds is 5. The Morgan fingerprint density at radius 1 is 1.34 bits per heavy atom. The predicted octanol–water partition coefficient (Wildman–Crippen LogP) is 5.41. The molecule has 0 atom stereocenters. The third kappa shape index (κ3) is 5.69. The molecule has 8 nitrogen and oxygen atoms in total. The monoisotopic (exact) mass is 484 g/mol. The highest BCUT2D eigenvalue weighted by Crippen LogP contribution is 2.42. The van der Waals surface area contributed by atoms with Crippen LogP contribution in [0.1, 0.15) is 46.1 Å². The zero-order valence-corrected chi connectivity index (χ0v) is 20.0. The van der Waals surface area contributed by atoms with Crippen LogP contribution in [0.3, 0.4) is 0 Å². The summed E-state index contributed by atoms with van der Waals surface area (Å²) in [6, 6.07) is 4.31. The lowest BCUT2D eigenvalue weighted by molar-refractivity contribution is 0.0583. The zero-order valence-electron chi connectivity index (χ0n) is 18.5. The molecule has 0 aliphatic carbocycles. The van der Waals surface area contributed by atoms with E-state index in [0.29, 0.717) is 5.56 Å². The zero-order chi connectivity index (χ0) is 24.4. The van der Waals surface area contributed by atoms with Gasteiger partial charge in [0, 0.05) is 18.7 Å². The molecule has 0 saturated heterocycles. The van der Waals surface area contributed by atoms with Crippen molar-refractivity contribution in [3.63, 3.8) is 0 Å². The molecule has 0 bridgehead atoms. The Morgan fingerprint density at radius 2 is 1.97 bits per heavy atom. The lowest BCUT2D eigenvalue weighted by Crippen LogP contribution is -2.37. The van der Waals surface area contributed by atoms with Gasteiger partial charge in [0.1, 0.15) is 17.2 Å². The average molecular weight is 485 g/mol. The highest BCUT2D eigenvalue weighted by atomic mass is 35.5. The molecular weight excluding hydrogens is 462 g/mol. The van der Waals surface area contributed by atoms with Gasteiger partial charge in [0.15, 0.2) is 11.6 Å². The lowest BCUT2D eigenvalue weighted by atomic mass is 10.1. The number of ether oxygens (including phenoxy) is 2. The molecule has 1 amide bonds. The minimum atomic E-state index is -1.04. The third-order valence-electron chi connectivity index (χ3n) is 4.13. The minimum absolute atomic E-state index is 0.0206. The lowest BCUT2D eigenvalue weighted by Gasteiger charge is -2.26. The molecule has 11 heteroatoms. The van der Waals surface area contributed by atoms with Crippen molar-refractivity contribution in [3.8, 4) is 17.7 Å². The Morgan fingerprint density at radius 3 is 2.50 bits per heavy atom. The molecule has 1 aromatic heterocycles. The molecule has 0 fully saturated rings. The van der Waals surface area contributed by atoms with Gasteiger partial charge in [0.05, 0.1) is 16.8 Å². The highest BCUT2D eigenvalue weighted by Gasteiger charge is 2.29. The number of aromatic nitrogens is 2. The maximum atomic E-state index is 15.2. The molecule has 0 aliphatic heterocycles. The van der Waals surface area contributed by atoms with E-state index in [1.165, 1.54) is 13.1 Å². The number of anilines is 1. The van der Waals surface area contributed by atoms with E-state index < -0.39 is 29.1 Å². The van der Waals surface area contributed by atoms with Gasteiger partial charge in [-0.3, -0.25) is 9.69 Å². The average Bonchev–Trinajstić information content (AvgIpc) is 2.67. The quantitative estimate of drug-likeness (QED) is 0.415. The fourth-order valence-electron chi connectivity index (χ4n) is 2.66. The van der Waals surface area contributed by atoms with Crippen molar-refractivity contribution in [2.75, 3.05) is 11.4 Å². The van der Waals surface area contributed by atoms with Crippen LogP contribution in [0.25, 0.3) is 0 Å². The predicted molar refractivity (Wildman–Crippen MR) is 119 cm³/mol. The van der Waals surface area contributed by atoms with Gasteiger partial charge >= 0.3 is 6.09 Å². The summed E-state index contributed by atoms with van der Waals surface area (Å²) in [7, 11) is 1.45. The third-order valence-corrected chi connectivity index (χ3v) is 4.75. The number of halogens is 3. The van der Waals surface area contributed by atoms with Crippen LogP contribution in [0, 0.1) is 17.1 Å². The van der Waals surface area contributed by atoms with Crippen LogP contribution in [0.2, 0.25) is 10.0 Å². The van der Waals surface area contributed by atoms with E-state index in [0.717, 1.165) is 15.6 Å². The Balaban J connectivity index is 2.53. The molecule has 172 valence electrons. The molecule has 0 saturated carbocycles. The molecule has 0 N–H and O–H groups in total. The molecule has 1 heterocycles. The van der Waals surface area contributed by atoms with Crippen LogP contribution in [-0.4, -0.2) is 28.0 Å². The summed E-state index contributed by atoms with van der Waals surface area (Å²) >= 11 is 12.4. The van der Waals surface area contributed by atoms with Gasteiger partial charge in [-0.1, -0.05) is 37.0 Å². The normalized spacial score (nSPS) is 11.3. The molecule has 2 aromatic rings. The van der Waals surface area contributed by atoms with Gasteiger partial charge < -0.3 is 9.47 Å². The number of carbonyl (C=O) groups is 1. The molecule has 2 rings (SSSR count).